The molecule has 1 saturated carbocycles. The predicted molar refractivity (Wildman–Crippen MR) is 59.0 cm³/mol. The Morgan fingerprint density at radius 2 is 1.88 bits per heavy atom. The molecule has 1 aliphatic heterocycles. The van der Waals surface area contributed by atoms with Crippen molar-refractivity contribution in [3.8, 4) is 0 Å². The van der Waals surface area contributed by atoms with Crippen molar-refractivity contribution in [2.75, 3.05) is 0 Å². The van der Waals surface area contributed by atoms with Gasteiger partial charge in [0.1, 0.15) is 0 Å². The maximum Gasteiger partial charge on any atom is 0.303 e. The van der Waals surface area contributed by atoms with Crippen LogP contribution in [0.15, 0.2) is 0 Å². The number of amides is 2. The molecule has 3 atom stereocenters. The smallest absolute Gasteiger partial charge is 0.303 e. The molecule has 0 aromatic heterocycles. The molecule has 0 spiro atoms. The minimum atomic E-state index is -0.892. The molecule has 2 rings (SSSR count). The molecule has 0 radical (unpaired) electrons. The first kappa shape index (κ1) is 12.1. The number of carboxylic acid groups (broad SMARTS) is 1. The standard InChI is InChI=1S/C12H17NO4/c1-7(5-6-10(14)15)13-11(16)8-3-2-4-9(8)12(13)17/h7-9H,2-6H2,1H3,(H,14,15). The first-order valence-corrected chi connectivity index (χ1v) is 6.11. The Morgan fingerprint density at radius 3 is 2.35 bits per heavy atom. The molecular weight excluding hydrogens is 222 g/mol. The zero-order valence-electron chi connectivity index (χ0n) is 9.89. The summed E-state index contributed by atoms with van der Waals surface area (Å²) in [6.07, 6.45) is 2.89. The molecule has 3 unspecified atom stereocenters. The summed E-state index contributed by atoms with van der Waals surface area (Å²) >= 11 is 0. The van der Waals surface area contributed by atoms with Crippen LogP contribution in [-0.4, -0.2) is 33.8 Å². The molecule has 2 fully saturated rings. The lowest BCUT2D eigenvalue weighted by Gasteiger charge is -2.23. The number of carbonyl (C=O) groups is 3. The van der Waals surface area contributed by atoms with E-state index in [4.69, 9.17) is 5.11 Å². The third-order valence-corrected chi connectivity index (χ3v) is 3.84. The number of hydrogen-bond acceptors (Lipinski definition) is 3. The Kier molecular flexibility index (Phi) is 3.17. The molecule has 5 nitrogen and oxygen atoms in total. The Morgan fingerprint density at radius 1 is 1.35 bits per heavy atom. The van der Waals surface area contributed by atoms with Gasteiger partial charge in [-0.2, -0.15) is 0 Å². The maximum absolute atomic E-state index is 12.0. The SMILES string of the molecule is CC(CCC(=O)O)N1C(=O)C2CCCC2C1=O. The average Bonchev–Trinajstić information content (AvgIpc) is 2.81. The quantitative estimate of drug-likeness (QED) is 0.743. The van der Waals surface area contributed by atoms with Crippen LogP contribution in [0.4, 0.5) is 0 Å². The van der Waals surface area contributed by atoms with E-state index in [0.29, 0.717) is 6.42 Å². The third kappa shape index (κ3) is 2.06. The second-order valence-corrected chi connectivity index (χ2v) is 4.97. The number of likely N-dealkylation sites (tertiary alicyclic amines) is 1. The minimum absolute atomic E-state index is 0.00639. The normalized spacial score (nSPS) is 29.6. The van der Waals surface area contributed by atoms with Crippen molar-refractivity contribution in [1.29, 1.82) is 0 Å². The zero-order valence-corrected chi connectivity index (χ0v) is 9.89. The largest absolute Gasteiger partial charge is 0.481 e. The van der Waals surface area contributed by atoms with Crippen LogP contribution in [0.3, 0.4) is 0 Å². The maximum atomic E-state index is 12.0. The number of aliphatic carboxylic acids is 1. The molecule has 17 heavy (non-hydrogen) atoms. The van der Waals surface area contributed by atoms with Gasteiger partial charge in [0.05, 0.1) is 11.8 Å². The number of nitrogens with zero attached hydrogens (tertiary/aromatic N) is 1. The summed E-state index contributed by atoms with van der Waals surface area (Å²) in [4.78, 5) is 35.9. The third-order valence-electron chi connectivity index (χ3n) is 3.84. The summed E-state index contributed by atoms with van der Waals surface area (Å²) in [5.74, 6) is -1.33. The fraction of sp³-hybridized carbons (Fsp3) is 0.750. The molecule has 0 aromatic rings. The molecule has 2 amide bonds. The topological polar surface area (TPSA) is 74.7 Å². The Bertz CT molecular complexity index is 344. The summed E-state index contributed by atoms with van der Waals surface area (Å²) in [6, 6.07) is -0.295. The van der Waals surface area contributed by atoms with Crippen molar-refractivity contribution in [3.63, 3.8) is 0 Å². The summed E-state index contributed by atoms with van der Waals surface area (Å²) in [5, 5.41) is 8.61. The van der Waals surface area contributed by atoms with Crippen molar-refractivity contribution >= 4 is 17.8 Å². The van der Waals surface area contributed by atoms with Crippen molar-refractivity contribution in [3.05, 3.63) is 0 Å². The van der Waals surface area contributed by atoms with Gasteiger partial charge in [0.15, 0.2) is 0 Å². The van der Waals surface area contributed by atoms with Crippen molar-refractivity contribution < 1.29 is 19.5 Å². The minimum Gasteiger partial charge on any atom is -0.481 e. The van der Waals surface area contributed by atoms with E-state index >= 15 is 0 Å². The molecule has 2 aliphatic rings. The van der Waals surface area contributed by atoms with Gasteiger partial charge < -0.3 is 5.11 Å². The van der Waals surface area contributed by atoms with Gasteiger partial charge in [0.2, 0.25) is 11.8 Å². The van der Waals surface area contributed by atoms with Crippen LogP contribution < -0.4 is 0 Å². The van der Waals surface area contributed by atoms with Crippen LogP contribution in [0.25, 0.3) is 0 Å². The lowest BCUT2D eigenvalue weighted by Crippen LogP contribution is -2.39. The van der Waals surface area contributed by atoms with Crippen LogP contribution in [0, 0.1) is 11.8 Å². The zero-order chi connectivity index (χ0) is 12.6. The van der Waals surface area contributed by atoms with Crippen LogP contribution in [0.1, 0.15) is 39.0 Å². The van der Waals surface area contributed by atoms with E-state index in [1.165, 1.54) is 4.90 Å². The summed E-state index contributed by atoms with van der Waals surface area (Å²) in [7, 11) is 0. The van der Waals surface area contributed by atoms with E-state index in [9.17, 15) is 14.4 Å². The summed E-state index contributed by atoms with van der Waals surface area (Å²) < 4.78 is 0. The summed E-state index contributed by atoms with van der Waals surface area (Å²) in [5.41, 5.74) is 0. The van der Waals surface area contributed by atoms with Crippen molar-refractivity contribution in [2.24, 2.45) is 11.8 Å². The lowest BCUT2D eigenvalue weighted by atomic mass is 10.00. The number of rotatable bonds is 4. The van der Waals surface area contributed by atoms with Crippen LogP contribution in [-0.2, 0) is 14.4 Å². The van der Waals surface area contributed by atoms with Gasteiger partial charge in [0.25, 0.3) is 0 Å². The second kappa shape index (κ2) is 4.47. The monoisotopic (exact) mass is 239 g/mol. The first-order valence-electron chi connectivity index (χ1n) is 6.11. The van der Waals surface area contributed by atoms with Gasteiger partial charge in [-0.1, -0.05) is 6.42 Å². The van der Waals surface area contributed by atoms with E-state index in [0.717, 1.165) is 19.3 Å². The van der Waals surface area contributed by atoms with E-state index in [1.54, 1.807) is 6.92 Å². The first-order chi connectivity index (χ1) is 8.02. The Hall–Kier alpha value is -1.39. The Labute approximate surface area is 99.8 Å². The highest BCUT2D eigenvalue weighted by atomic mass is 16.4. The van der Waals surface area contributed by atoms with Crippen LogP contribution >= 0.6 is 0 Å². The highest BCUT2D eigenvalue weighted by Crippen LogP contribution is 2.40. The fourth-order valence-corrected chi connectivity index (χ4v) is 2.91. The van der Waals surface area contributed by atoms with Crippen LogP contribution in [0.2, 0.25) is 0 Å². The van der Waals surface area contributed by atoms with Crippen molar-refractivity contribution in [2.45, 2.75) is 45.1 Å². The fourth-order valence-electron chi connectivity index (χ4n) is 2.91. The number of fused-ring (bicyclic) bond motifs is 1. The predicted octanol–water partition coefficient (Wildman–Crippen LogP) is 1.02. The number of carboxylic acids is 1. The number of hydrogen-bond donors (Lipinski definition) is 1. The molecule has 1 N–H and O–H groups in total. The van der Waals surface area contributed by atoms with Gasteiger partial charge >= 0.3 is 5.97 Å². The highest BCUT2D eigenvalue weighted by Gasteiger charge is 2.50. The molecule has 5 heteroatoms. The summed E-state index contributed by atoms with van der Waals surface area (Å²) in [6.45, 7) is 1.75. The van der Waals surface area contributed by atoms with Gasteiger partial charge in [0, 0.05) is 12.5 Å². The Balaban J connectivity index is 2.04. The van der Waals surface area contributed by atoms with Gasteiger partial charge in [-0.25, -0.2) is 0 Å². The van der Waals surface area contributed by atoms with Gasteiger partial charge in [-0.3, -0.25) is 19.3 Å². The molecule has 1 heterocycles. The molecular formula is C12H17NO4. The van der Waals surface area contributed by atoms with Crippen molar-refractivity contribution in [1.82, 2.24) is 4.90 Å². The molecule has 0 bridgehead atoms. The lowest BCUT2D eigenvalue weighted by molar-refractivity contribution is -0.144. The number of imide groups is 1. The molecule has 1 saturated heterocycles. The van der Waals surface area contributed by atoms with E-state index in [2.05, 4.69) is 0 Å². The second-order valence-electron chi connectivity index (χ2n) is 4.97. The van der Waals surface area contributed by atoms with E-state index in [-0.39, 0.29) is 36.1 Å². The number of carbonyl (C=O) groups excluding carboxylic acids is 2. The van der Waals surface area contributed by atoms with E-state index < -0.39 is 5.97 Å². The highest BCUT2D eigenvalue weighted by molar-refractivity contribution is 6.05. The molecule has 1 aliphatic carbocycles. The van der Waals surface area contributed by atoms with E-state index in [1.807, 2.05) is 0 Å². The van der Waals surface area contributed by atoms with Gasteiger partial charge in [-0.15, -0.1) is 0 Å². The van der Waals surface area contributed by atoms with Crippen LogP contribution in [0.5, 0.6) is 0 Å². The average molecular weight is 239 g/mol. The molecule has 0 aromatic carbocycles. The molecule has 94 valence electrons. The van der Waals surface area contributed by atoms with Gasteiger partial charge in [-0.05, 0) is 26.2 Å².